The molecule has 0 atom stereocenters. The summed E-state index contributed by atoms with van der Waals surface area (Å²) in [7, 11) is 0. The van der Waals surface area contributed by atoms with E-state index in [1.165, 1.54) is 0 Å². The SMILES string of the molecule is Cc1cc(C)c2nc(-c3ccc(Br)cc3)cc(C(=O)Nc3ccc(Br)c(Cl)c3C)c2c1. The van der Waals surface area contributed by atoms with Crippen molar-refractivity contribution in [1.82, 2.24) is 4.98 Å². The van der Waals surface area contributed by atoms with E-state index in [0.717, 1.165) is 47.8 Å². The Morgan fingerprint density at radius 3 is 2.39 bits per heavy atom. The van der Waals surface area contributed by atoms with E-state index in [-0.39, 0.29) is 5.91 Å². The molecular weight excluding hydrogens is 540 g/mol. The van der Waals surface area contributed by atoms with Gasteiger partial charge in [-0.1, -0.05) is 51.3 Å². The molecule has 4 aromatic rings. The molecule has 0 saturated heterocycles. The van der Waals surface area contributed by atoms with Crippen molar-refractivity contribution in [3.05, 3.63) is 90.8 Å². The number of carbonyl (C=O) groups is 1. The lowest BCUT2D eigenvalue weighted by atomic mass is 9.99. The Morgan fingerprint density at radius 2 is 1.68 bits per heavy atom. The zero-order chi connectivity index (χ0) is 22.3. The van der Waals surface area contributed by atoms with Gasteiger partial charge in [-0.3, -0.25) is 4.79 Å². The average Bonchev–Trinajstić information content (AvgIpc) is 2.74. The van der Waals surface area contributed by atoms with Crippen molar-refractivity contribution in [1.29, 1.82) is 0 Å². The van der Waals surface area contributed by atoms with E-state index in [2.05, 4.69) is 43.2 Å². The van der Waals surface area contributed by atoms with Crippen LogP contribution in [0.1, 0.15) is 27.0 Å². The molecule has 1 heterocycles. The fourth-order valence-corrected chi connectivity index (χ4v) is 4.47. The van der Waals surface area contributed by atoms with Crippen molar-refractivity contribution in [3.63, 3.8) is 0 Å². The van der Waals surface area contributed by atoms with Crippen LogP contribution >= 0.6 is 43.5 Å². The highest BCUT2D eigenvalue weighted by Crippen LogP contribution is 2.33. The number of benzene rings is 3. The van der Waals surface area contributed by atoms with Crippen LogP contribution < -0.4 is 5.32 Å². The molecule has 0 fully saturated rings. The first-order valence-corrected chi connectivity index (χ1v) is 11.6. The van der Waals surface area contributed by atoms with Crippen molar-refractivity contribution >= 4 is 66.0 Å². The van der Waals surface area contributed by atoms with Crippen LogP contribution in [0, 0.1) is 20.8 Å². The fraction of sp³-hybridized carbons (Fsp3) is 0.120. The quantitative estimate of drug-likeness (QED) is 0.275. The molecule has 3 nitrogen and oxygen atoms in total. The van der Waals surface area contributed by atoms with Gasteiger partial charge in [-0.25, -0.2) is 4.98 Å². The predicted octanol–water partition coefficient (Wildman–Crippen LogP) is 8.26. The van der Waals surface area contributed by atoms with E-state index in [1.54, 1.807) is 0 Å². The molecule has 31 heavy (non-hydrogen) atoms. The highest BCUT2D eigenvalue weighted by Gasteiger charge is 2.17. The molecule has 0 spiro atoms. The summed E-state index contributed by atoms with van der Waals surface area (Å²) in [5, 5.41) is 4.45. The lowest BCUT2D eigenvalue weighted by Gasteiger charge is -2.15. The van der Waals surface area contributed by atoms with Crippen molar-refractivity contribution in [2.24, 2.45) is 0 Å². The molecule has 1 N–H and O–H groups in total. The van der Waals surface area contributed by atoms with Gasteiger partial charge in [0.25, 0.3) is 5.91 Å². The van der Waals surface area contributed by atoms with E-state index >= 15 is 0 Å². The van der Waals surface area contributed by atoms with Gasteiger partial charge in [-0.15, -0.1) is 0 Å². The lowest BCUT2D eigenvalue weighted by molar-refractivity contribution is 0.102. The van der Waals surface area contributed by atoms with Gasteiger partial charge in [-0.2, -0.15) is 0 Å². The third-order valence-electron chi connectivity index (χ3n) is 5.22. The maximum absolute atomic E-state index is 13.4. The molecule has 0 radical (unpaired) electrons. The van der Waals surface area contributed by atoms with E-state index in [0.29, 0.717) is 16.3 Å². The van der Waals surface area contributed by atoms with E-state index in [4.69, 9.17) is 16.6 Å². The number of hydrogen-bond donors (Lipinski definition) is 1. The number of nitrogens with zero attached hydrogens (tertiary/aromatic N) is 1. The maximum atomic E-state index is 13.4. The number of aryl methyl sites for hydroxylation is 2. The number of nitrogens with one attached hydrogen (secondary N) is 1. The average molecular weight is 559 g/mol. The predicted molar refractivity (Wildman–Crippen MR) is 136 cm³/mol. The Hall–Kier alpha value is -2.21. The van der Waals surface area contributed by atoms with Crippen LogP contribution in [0.15, 0.2) is 63.5 Å². The first-order chi connectivity index (χ1) is 14.7. The summed E-state index contributed by atoms with van der Waals surface area (Å²) in [6.45, 7) is 5.93. The van der Waals surface area contributed by atoms with Crippen molar-refractivity contribution < 1.29 is 4.79 Å². The van der Waals surface area contributed by atoms with Crippen molar-refractivity contribution in [2.75, 3.05) is 5.32 Å². The molecule has 1 aromatic heterocycles. The summed E-state index contributed by atoms with van der Waals surface area (Å²) in [5.41, 5.74) is 6.70. The zero-order valence-electron chi connectivity index (χ0n) is 17.2. The topological polar surface area (TPSA) is 42.0 Å². The number of carbonyl (C=O) groups excluding carboxylic acids is 1. The van der Waals surface area contributed by atoms with Gasteiger partial charge in [0.15, 0.2) is 0 Å². The standard InChI is InChI=1S/C25H19Br2ClN2O/c1-13-10-14(2)24-18(11-13)19(12-22(29-24)16-4-6-17(26)7-5-16)25(31)30-21-9-8-20(27)23(28)15(21)3/h4-12H,1-3H3,(H,30,31). The normalized spacial score (nSPS) is 11.0. The Balaban J connectivity index is 1.88. The second-order valence-corrected chi connectivity index (χ2v) is 9.68. The van der Waals surface area contributed by atoms with Crippen molar-refractivity contribution in [2.45, 2.75) is 20.8 Å². The molecule has 0 aliphatic heterocycles. The third-order valence-corrected chi connectivity index (χ3v) is 7.13. The highest BCUT2D eigenvalue weighted by molar-refractivity contribution is 9.10. The molecule has 156 valence electrons. The van der Waals surface area contributed by atoms with E-state index in [1.807, 2.05) is 69.3 Å². The van der Waals surface area contributed by atoms with Crippen LogP contribution in [-0.2, 0) is 0 Å². The van der Waals surface area contributed by atoms with Crippen LogP contribution in [0.3, 0.4) is 0 Å². The van der Waals surface area contributed by atoms with Gasteiger partial charge in [0, 0.05) is 25.6 Å². The van der Waals surface area contributed by atoms with Gasteiger partial charge in [0.1, 0.15) is 0 Å². The van der Waals surface area contributed by atoms with Crippen LogP contribution in [-0.4, -0.2) is 10.9 Å². The summed E-state index contributed by atoms with van der Waals surface area (Å²) in [5.74, 6) is -0.197. The molecule has 1 amide bonds. The Labute approximate surface area is 203 Å². The number of halogens is 3. The molecule has 0 saturated carbocycles. The summed E-state index contributed by atoms with van der Waals surface area (Å²) >= 11 is 13.2. The Bertz CT molecular complexity index is 1330. The lowest BCUT2D eigenvalue weighted by Crippen LogP contribution is -2.14. The van der Waals surface area contributed by atoms with Crippen LogP contribution in [0.2, 0.25) is 5.02 Å². The summed E-state index contributed by atoms with van der Waals surface area (Å²) < 4.78 is 1.78. The number of anilines is 1. The van der Waals surface area contributed by atoms with Gasteiger partial charge >= 0.3 is 0 Å². The number of pyridine rings is 1. The summed E-state index contributed by atoms with van der Waals surface area (Å²) in [4.78, 5) is 18.3. The largest absolute Gasteiger partial charge is 0.322 e. The number of aromatic nitrogens is 1. The minimum absolute atomic E-state index is 0.197. The maximum Gasteiger partial charge on any atom is 0.256 e. The first kappa shape index (κ1) is 22.0. The van der Waals surface area contributed by atoms with Crippen LogP contribution in [0.5, 0.6) is 0 Å². The number of amides is 1. The van der Waals surface area contributed by atoms with Gasteiger partial charge in [0.05, 0.1) is 21.8 Å². The van der Waals surface area contributed by atoms with E-state index < -0.39 is 0 Å². The fourth-order valence-electron chi connectivity index (χ4n) is 3.61. The van der Waals surface area contributed by atoms with E-state index in [9.17, 15) is 4.79 Å². The molecule has 6 heteroatoms. The molecule has 0 aliphatic rings. The van der Waals surface area contributed by atoms with Crippen LogP contribution in [0.25, 0.3) is 22.2 Å². The molecule has 0 unspecified atom stereocenters. The number of fused-ring (bicyclic) bond motifs is 1. The number of rotatable bonds is 3. The monoisotopic (exact) mass is 556 g/mol. The third kappa shape index (κ3) is 4.40. The van der Waals surface area contributed by atoms with Crippen molar-refractivity contribution in [3.8, 4) is 11.3 Å². The molecule has 4 rings (SSSR count). The zero-order valence-corrected chi connectivity index (χ0v) is 21.1. The van der Waals surface area contributed by atoms with Gasteiger partial charge < -0.3 is 5.32 Å². The first-order valence-electron chi connectivity index (χ1n) is 9.68. The molecule has 3 aromatic carbocycles. The smallest absolute Gasteiger partial charge is 0.256 e. The second-order valence-electron chi connectivity index (χ2n) is 7.53. The molecule has 0 bridgehead atoms. The Kier molecular flexibility index (Phi) is 6.20. The summed E-state index contributed by atoms with van der Waals surface area (Å²) in [6.07, 6.45) is 0. The Morgan fingerprint density at radius 1 is 0.968 bits per heavy atom. The van der Waals surface area contributed by atoms with Gasteiger partial charge in [-0.05, 0) is 84.2 Å². The summed E-state index contributed by atoms with van der Waals surface area (Å²) in [6, 6.07) is 17.5. The van der Waals surface area contributed by atoms with Crippen LogP contribution in [0.4, 0.5) is 5.69 Å². The minimum Gasteiger partial charge on any atom is -0.322 e. The minimum atomic E-state index is -0.197. The van der Waals surface area contributed by atoms with Gasteiger partial charge in [0.2, 0.25) is 0 Å². The second kappa shape index (κ2) is 8.73. The molecule has 0 aliphatic carbocycles. The highest BCUT2D eigenvalue weighted by atomic mass is 79.9. The molecular formula is C25H19Br2ClN2O. The number of hydrogen-bond acceptors (Lipinski definition) is 2.